The lowest BCUT2D eigenvalue weighted by Gasteiger charge is -1.99. The Balaban J connectivity index is 2.15. The van der Waals surface area contributed by atoms with Gasteiger partial charge in [0.25, 0.3) is 5.95 Å². The van der Waals surface area contributed by atoms with Gasteiger partial charge in [-0.2, -0.15) is 4.98 Å². The lowest BCUT2D eigenvalue weighted by atomic mass is 10.2. The van der Waals surface area contributed by atoms with Crippen molar-refractivity contribution >= 4 is 17.7 Å². The van der Waals surface area contributed by atoms with Crippen molar-refractivity contribution in [1.29, 1.82) is 0 Å². The van der Waals surface area contributed by atoms with Crippen LogP contribution in [0.4, 0.5) is 17.7 Å². The third-order valence-corrected chi connectivity index (χ3v) is 1.74. The number of nitrogens with two attached hydrogens (primary N) is 1. The van der Waals surface area contributed by atoms with Crippen molar-refractivity contribution < 1.29 is 4.52 Å². The van der Waals surface area contributed by atoms with Crippen LogP contribution < -0.4 is 11.1 Å². The summed E-state index contributed by atoms with van der Waals surface area (Å²) in [7, 11) is 0. The molecule has 2 rings (SSSR count). The molecule has 0 radical (unpaired) electrons. The Hall–Kier alpha value is -2.04. The summed E-state index contributed by atoms with van der Waals surface area (Å²) < 4.78 is 4.80. The molecule has 1 heterocycles. The molecule has 0 saturated carbocycles. The largest absolute Gasteiger partial charge is 0.365 e. The summed E-state index contributed by atoms with van der Waals surface area (Å²) in [6.07, 6.45) is 0. The normalized spacial score (nSPS) is 10.1. The van der Waals surface area contributed by atoms with Crippen molar-refractivity contribution in [3.8, 4) is 0 Å². The molecule has 0 unspecified atom stereocenters. The first-order valence-corrected chi connectivity index (χ1v) is 4.17. The first-order valence-electron chi connectivity index (χ1n) is 4.17. The highest BCUT2D eigenvalue weighted by atomic mass is 16.5. The standard InChI is InChI=1S/C9H10N4O/c1-6-2-4-7(5-3-6)11-9-12-8(10)13-14-9/h2-5H,1H3,(H3,10,11,12,13). The van der Waals surface area contributed by atoms with E-state index in [4.69, 9.17) is 10.3 Å². The summed E-state index contributed by atoms with van der Waals surface area (Å²) in [6.45, 7) is 2.02. The second kappa shape index (κ2) is 3.37. The van der Waals surface area contributed by atoms with Crippen molar-refractivity contribution in [2.24, 2.45) is 0 Å². The Labute approximate surface area is 80.9 Å². The summed E-state index contributed by atoms with van der Waals surface area (Å²) in [4.78, 5) is 3.82. The van der Waals surface area contributed by atoms with Gasteiger partial charge in [-0.15, -0.1) is 0 Å². The second-order valence-electron chi connectivity index (χ2n) is 2.95. The number of nitrogen functional groups attached to an aromatic ring is 1. The molecule has 0 bridgehead atoms. The van der Waals surface area contributed by atoms with Crippen molar-refractivity contribution in [3.05, 3.63) is 29.8 Å². The van der Waals surface area contributed by atoms with E-state index in [9.17, 15) is 0 Å². The van der Waals surface area contributed by atoms with Crippen LogP contribution in [0.25, 0.3) is 0 Å². The Morgan fingerprint density at radius 1 is 1.29 bits per heavy atom. The topological polar surface area (TPSA) is 77.0 Å². The first-order chi connectivity index (χ1) is 6.74. The Morgan fingerprint density at radius 3 is 2.57 bits per heavy atom. The van der Waals surface area contributed by atoms with Gasteiger partial charge in [-0.05, 0) is 24.2 Å². The molecule has 0 aliphatic rings. The smallest absolute Gasteiger partial charge is 0.327 e. The van der Waals surface area contributed by atoms with Crippen LogP contribution in [0.1, 0.15) is 5.56 Å². The molecule has 0 spiro atoms. The average Bonchev–Trinajstić information content (AvgIpc) is 2.56. The SMILES string of the molecule is Cc1ccc(Nc2nc(N)no2)cc1. The van der Waals surface area contributed by atoms with E-state index in [0.29, 0.717) is 6.01 Å². The lowest BCUT2D eigenvalue weighted by Crippen LogP contribution is -1.91. The fraction of sp³-hybridized carbons (Fsp3) is 0.111. The minimum Gasteiger partial charge on any atom is -0.365 e. The van der Waals surface area contributed by atoms with Crippen molar-refractivity contribution in [1.82, 2.24) is 10.1 Å². The number of nitrogens with zero attached hydrogens (tertiary/aromatic N) is 2. The van der Waals surface area contributed by atoms with Gasteiger partial charge in [-0.3, -0.25) is 0 Å². The molecular formula is C9H10N4O. The number of aromatic nitrogens is 2. The number of nitrogens with one attached hydrogen (secondary N) is 1. The van der Waals surface area contributed by atoms with Crippen LogP contribution >= 0.6 is 0 Å². The van der Waals surface area contributed by atoms with Gasteiger partial charge in [-0.1, -0.05) is 17.7 Å². The molecular weight excluding hydrogens is 180 g/mol. The number of rotatable bonds is 2. The first kappa shape index (κ1) is 8.55. The van der Waals surface area contributed by atoms with Gasteiger partial charge in [0.15, 0.2) is 0 Å². The number of aryl methyl sites for hydroxylation is 1. The maximum absolute atomic E-state index is 5.30. The zero-order valence-corrected chi connectivity index (χ0v) is 7.69. The van der Waals surface area contributed by atoms with E-state index in [2.05, 4.69) is 15.5 Å². The van der Waals surface area contributed by atoms with Gasteiger partial charge in [0.2, 0.25) is 0 Å². The molecule has 0 saturated heterocycles. The van der Waals surface area contributed by atoms with Gasteiger partial charge >= 0.3 is 6.01 Å². The Bertz CT molecular complexity index is 421. The fourth-order valence-corrected chi connectivity index (χ4v) is 1.05. The summed E-state index contributed by atoms with van der Waals surface area (Å²) in [5.41, 5.74) is 7.38. The average molecular weight is 190 g/mol. The molecule has 5 heteroatoms. The van der Waals surface area contributed by atoms with E-state index >= 15 is 0 Å². The van der Waals surface area contributed by atoms with E-state index in [0.717, 1.165) is 5.69 Å². The lowest BCUT2D eigenvalue weighted by molar-refractivity contribution is 0.436. The molecule has 0 fully saturated rings. The molecule has 72 valence electrons. The van der Waals surface area contributed by atoms with Gasteiger partial charge in [-0.25, -0.2) is 0 Å². The highest BCUT2D eigenvalue weighted by Crippen LogP contribution is 2.15. The third-order valence-electron chi connectivity index (χ3n) is 1.74. The molecule has 5 nitrogen and oxygen atoms in total. The van der Waals surface area contributed by atoms with E-state index < -0.39 is 0 Å². The maximum atomic E-state index is 5.30. The summed E-state index contributed by atoms with van der Waals surface area (Å²) in [5.74, 6) is 0.125. The number of hydrogen-bond donors (Lipinski definition) is 2. The molecule has 3 N–H and O–H groups in total. The van der Waals surface area contributed by atoms with Crippen LogP contribution in [0.15, 0.2) is 28.8 Å². The van der Waals surface area contributed by atoms with Crippen molar-refractivity contribution in [2.75, 3.05) is 11.1 Å². The zero-order valence-electron chi connectivity index (χ0n) is 7.69. The van der Waals surface area contributed by atoms with Crippen LogP contribution in [0.5, 0.6) is 0 Å². The predicted molar refractivity (Wildman–Crippen MR) is 53.2 cm³/mol. The molecule has 0 aliphatic carbocycles. The third kappa shape index (κ3) is 1.82. The Morgan fingerprint density at radius 2 is 2.00 bits per heavy atom. The van der Waals surface area contributed by atoms with Gasteiger partial charge in [0.05, 0.1) is 0 Å². The molecule has 0 amide bonds. The molecule has 14 heavy (non-hydrogen) atoms. The molecule has 0 aliphatic heterocycles. The van der Waals surface area contributed by atoms with E-state index in [-0.39, 0.29) is 5.95 Å². The summed E-state index contributed by atoms with van der Waals surface area (Å²) in [5, 5.41) is 6.39. The van der Waals surface area contributed by atoms with E-state index in [1.54, 1.807) is 0 Å². The predicted octanol–water partition coefficient (Wildman–Crippen LogP) is 1.70. The van der Waals surface area contributed by atoms with Gasteiger partial charge in [0, 0.05) is 5.69 Å². The molecule has 0 atom stereocenters. The van der Waals surface area contributed by atoms with E-state index in [1.807, 2.05) is 31.2 Å². The Kier molecular flexibility index (Phi) is 2.06. The van der Waals surface area contributed by atoms with E-state index in [1.165, 1.54) is 5.56 Å². The monoisotopic (exact) mass is 190 g/mol. The zero-order chi connectivity index (χ0) is 9.97. The van der Waals surface area contributed by atoms with Crippen LogP contribution in [-0.4, -0.2) is 10.1 Å². The van der Waals surface area contributed by atoms with Crippen LogP contribution in [0.3, 0.4) is 0 Å². The highest BCUT2D eigenvalue weighted by molar-refractivity contribution is 5.52. The second-order valence-corrected chi connectivity index (χ2v) is 2.95. The summed E-state index contributed by atoms with van der Waals surface area (Å²) in [6, 6.07) is 8.13. The van der Waals surface area contributed by atoms with Crippen LogP contribution in [0, 0.1) is 6.92 Å². The van der Waals surface area contributed by atoms with Gasteiger partial charge in [0.1, 0.15) is 0 Å². The maximum Gasteiger partial charge on any atom is 0.327 e. The summed E-state index contributed by atoms with van der Waals surface area (Å²) >= 11 is 0. The van der Waals surface area contributed by atoms with Crippen LogP contribution in [-0.2, 0) is 0 Å². The number of benzene rings is 1. The quantitative estimate of drug-likeness (QED) is 0.753. The fourth-order valence-electron chi connectivity index (χ4n) is 1.05. The number of hydrogen-bond acceptors (Lipinski definition) is 5. The van der Waals surface area contributed by atoms with Crippen molar-refractivity contribution in [2.45, 2.75) is 6.92 Å². The highest BCUT2D eigenvalue weighted by Gasteiger charge is 2.01. The van der Waals surface area contributed by atoms with Crippen LogP contribution in [0.2, 0.25) is 0 Å². The van der Waals surface area contributed by atoms with Crippen molar-refractivity contribution in [3.63, 3.8) is 0 Å². The number of anilines is 3. The van der Waals surface area contributed by atoms with Gasteiger partial charge < -0.3 is 15.6 Å². The molecule has 2 aromatic rings. The minimum absolute atomic E-state index is 0.125. The molecule has 1 aromatic carbocycles. The molecule has 1 aromatic heterocycles. The minimum atomic E-state index is 0.125.